The summed E-state index contributed by atoms with van der Waals surface area (Å²) in [6.45, 7) is 4.36. The maximum Gasteiger partial charge on any atom is 0.232 e. The lowest BCUT2D eigenvalue weighted by atomic mass is 9.90. The van der Waals surface area contributed by atoms with Crippen molar-refractivity contribution in [2.45, 2.75) is 50.9 Å². The number of hydrogen-bond acceptors (Lipinski definition) is 9. The van der Waals surface area contributed by atoms with Crippen LogP contribution in [0.4, 0.5) is 11.8 Å². The Labute approximate surface area is 175 Å². The second-order valence-electron chi connectivity index (χ2n) is 7.50. The Balaban J connectivity index is 1.50. The molecular weight excluding hydrogens is 396 g/mol. The van der Waals surface area contributed by atoms with Crippen molar-refractivity contribution in [2.24, 2.45) is 0 Å². The third kappa shape index (κ3) is 4.73. The van der Waals surface area contributed by atoms with E-state index in [9.17, 15) is 0 Å². The van der Waals surface area contributed by atoms with Gasteiger partial charge in [0.2, 0.25) is 11.8 Å². The van der Waals surface area contributed by atoms with Gasteiger partial charge < -0.3 is 30.2 Å². The zero-order chi connectivity index (χ0) is 20.3. The van der Waals surface area contributed by atoms with Crippen LogP contribution in [0.1, 0.15) is 39.0 Å². The van der Waals surface area contributed by atoms with Crippen molar-refractivity contribution in [3.8, 4) is 0 Å². The molecule has 0 amide bonds. The summed E-state index contributed by atoms with van der Waals surface area (Å²) in [6, 6.07) is 0.275. The van der Waals surface area contributed by atoms with E-state index in [-0.39, 0.29) is 17.7 Å². The number of aromatic nitrogens is 2. The maximum absolute atomic E-state index is 8.39. The predicted octanol–water partition coefficient (Wildman–Crippen LogP) is 2.86. The Morgan fingerprint density at radius 2 is 2.03 bits per heavy atom. The first kappa shape index (κ1) is 20.2. The van der Waals surface area contributed by atoms with Crippen LogP contribution in [-0.2, 0) is 14.2 Å². The first-order valence-corrected chi connectivity index (χ1v) is 10.4. The lowest BCUT2D eigenvalue weighted by molar-refractivity contribution is -0.179. The van der Waals surface area contributed by atoms with E-state index in [1.807, 2.05) is 6.92 Å². The minimum Gasteiger partial charge on any atom is -0.476 e. The standard InChI is InChI=1S/C19H27ClN6O3/c1-12(24-13-3-5-19(6-4-13)28-9-10-29-19)15-16(21)27-8-2-7-22-17-14(20)11-23-18(25-15)26-17/h11,13,21,24H,2-10H2,1H3,(H2,22,23,25,26)/b15-12+,21-16?. The summed E-state index contributed by atoms with van der Waals surface area (Å²) in [5, 5.41) is 18.7. The van der Waals surface area contributed by atoms with Crippen molar-refractivity contribution in [2.75, 3.05) is 37.0 Å². The number of rotatable bonds is 2. The van der Waals surface area contributed by atoms with E-state index in [2.05, 4.69) is 25.9 Å². The number of hydrogen-bond donors (Lipinski definition) is 4. The smallest absolute Gasteiger partial charge is 0.232 e. The van der Waals surface area contributed by atoms with E-state index >= 15 is 0 Å². The number of ether oxygens (including phenoxy) is 3. The molecule has 1 aliphatic carbocycles. The zero-order valence-electron chi connectivity index (χ0n) is 16.5. The molecule has 4 N–H and O–H groups in total. The van der Waals surface area contributed by atoms with Gasteiger partial charge in [-0.05, 0) is 26.2 Å². The highest BCUT2D eigenvalue weighted by molar-refractivity contribution is 6.32. The molecule has 4 rings (SSSR count). The lowest BCUT2D eigenvalue weighted by Crippen LogP contribution is -2.42. The molecule has 3 heterocycles. The van der Waals surface area contributed by atoms with Gasteiger partial charge in [-0.3, -0.25) is 5.41 Å². The molecular formula is C19H27ClN6O3. The molecule has 2 bridgehead atoms. The van der Waals surface area contributed by atoms with Crippen molar-refractivity contribution >= 4 is 29.3 Å². The van der Waals surface area contributed by atoms with Crippen LogP contribution < -0.4 is 16.0 Å². The summed E-state index contributed by atoms with van der Waals surface area (Å²) in [5.74, 6) is 0.602. The number of fused-ring (bicyclic) bond motifs is 2. The topological polar surface area (TPSA) is 113 Å². The number of nitrogens with one attached hydrogen (secondary N) is 4. The fourth-order valence-corrected chi connectivity index (χ4v) is 4.03. The Hall–Kier alpha value is -2.10. The fraction of sp³-hybridized carbons (Fsp3) is 0.632. The molecule has 2 aliphatic heterocycles. The van der Waals surface area contributed by atoms with Gasteiger partial charge in [0.1, 0.15) is 10.7 Å². The minimum atomic E-state index is -0.386. The van der Waals surface area contributed by atoms with Crippen LogP contribution in [0.15, 0.2) is 17.6 Å². The summed E-state index contributed by atoms with van der Waals surface area (Å²) in [6.07, 6.45) is 5.87. The second-order valence-corrected chi connectivity index (χ2v) is 7.91. The lowest BCUT2D eigenvalue weighted by Gasteiger charge is -2.36. The van der Waals surface area contributed by atoms with E-state index in [0.717, 1.165) is 37.8 Å². The molecule has 3 aliphatic rings. The highest BCUT2D eigenvalue weighted by Crippen LogP contribution is 2.36. The summed E-state index contributed by atoms with van der Waals surface area (Å²) in [5.41, 5.74) is 1.34. The Morgan fingerprint density at radius 3 is 2.79 bits per heavy atom. The van der Waals surface area contributed by atoms with Gasteiger partial charge >= 0.3 is 0 Å². The molecule has 2 fully saturated rings. The van der Waals surface area contributed by atoms with Crippen LogP contribution in [0.2, 0.25) is 5.02 Å². The number of nitrogens with zero attached hydrogens (tertiary/aromatic N) is 2. The van der Waals surface area contributed by atoms with Crippen molar-refractivity contribution in [3.05, 3.63) is 22.6 Å². The predicted molar refractivity (Wildman–Crippen MR) is 110 cm³/mol. The van der Waals surface area contributed by atoms with Crippen LogP contribution >= 0.6 is 11.6 Å². The van der Waals surface area contributed by atoms with Crippen LogP contribution in [0.5, 0.6) is 0 Å². The molecule has 9 nitrogen and oxygen atoms in total. The average molecular weight is 423 g/mol. The normalized spacial score (nSPS) is 24.1. The number of allylic oxidation sites excluding steroid dienone is 1. The van der Waals surface area contributed by atoms with Crippen molar-refractivity contribution in [3.63, 3.8) is 0 Å². The average Bonchev–Trinajstić information content (AvgIpc) is 3.16. The molecule has 1 aromatic rings. The van der Waals surface area contributed by atoms with Gasteiger partial charge in [0.15, 0.2) is 11.6 Å². The van der Waals surface area contributed by atoms with E-state index in [1.165, 1.54) is 0 Å². The van der Waals surface area contributed by atoms with Crippen LogP contribution in [0.3, 0.4) is 0 Å². The summed E-state index contributed by atoms with van der Waals surface area (Å²) in [4.78, 5) is 8.66. The number of anilines is 2. The van der Waals surface area contributed by atoms with E-state index in [0.29, 0.717) is 48.9 Å². The Bertz CT molecular complexity index is 786. The third-order valence-electron chi connectivity index (χ3n) is 5.42. The fourth-order valence-electron chi connectivity index (χ4n) is 3.88. The maximum atomic E-state index is 8.39. The molecule has 1 spiro atoms. The zero-order valence-corrected chi connectivity index (χ0v) is 17.3. The summed E-state index contributed by atoms with van der Waals surface area (Å²) in [7, 11) is 0. The van der Waals surface area contributed by atoms with Crippen molar-refractivity contribution in [1.82, 2.24) is 15.3 Å². The SMILES string of the molecule is C/C(NC1CCC2(CC1)OCCO2)=C1\Nc2ncc(Cl)c(n2)NCCCOC1=N. The van der Waals surface area contributed by atoms with Crippen LogP contribution in [0, 0.1) is 5.41 Å². The largest absolute Gasteiger partial charge is 0.476 e. The van der Waals surface area contributed by atoms with E-state index in [4.69, 9.17) is 31.2 Å². The molecule has 0 atom stereocenters. The van der Waals surface area contributed by atoms with Gasteiger partial charge in [-0.2, -0.15) is 4.98 Å². The molecule has 1 saturated carbocycles. The van der Waals surface area contributed by atoms with Crippen molar-refractivity contribution in [1.29, 1.82) is 5.41 Å². The molecule has 29 heavy (non-hydrogen) atoms. The van der Waals surface area contributed by atoms with Gasteiger partial charge in [-0.25, -0.2) is 4.98 Å². The van der Waals surface area contributed by atoms with E-state index < -0.39 is 0 Å². The van der Waals surface area contributed by atoms with E-state index in [1.54, 1.807) is 6.20 Å². The molecule has 1 aromatic heterocycles. The molecule has 1 saturated heterocycles. The third-order valence-corrected chi connectivity index (χ3v) is 5.70. The highest BCUT2D eigenvalue weighted by atomic mass is 35.5. The number of halogens is 1. The summed E-state index contributed by atoms with van der Waals surface area (Å²) >= 11 is 6.17. The highest BCUT2D eigenvalue weighted by Gasteiger charge is 2.40. The first-order valence-electron chi connectivity index (χ1n) is 10.1. The molecule has 0 aromatic carbocycles. The molecule has 0 unspecified atom stereocenters. The second kappa shape index (κ2) is 8.73. The van der Waals surface area contributed by atoms with Gasteiger partial charge in [0, 0.05) is 31.1 Å². The molecule has 10 heteroatoms. The van der Waals surface area contributed by atoms with Gasteiger partial charge in [-0.15, -0.1) is 0 Å². The quantitative estimate of drug-likeness (QED) is 0.575. The van der Waals surface area contributed by atoms with Gasteiger partial charge in [0.05, 0.1) is 26.0 Å². The van der Waals surface area contributed by atoms with Crippen LogP contribution in [-0.4, -0.2) is 54.1 Å². The Morgan fingerprint density at radius 1 is 1.28 bits per heavy atom. The van der Waals surface area contributed by atoms with Gasteiger partial charge in [-0.1, -0.05) is 11.6 Å². The first-order chi connectivity index (χ1) is 14.0. The Kier molecular flexibility index (Phi) is 6.07. The monoisotopic (exact) mass is 422 g/mol. The molecule has 0 radical (unpaired) electrons. The van der Waals surface area contributed by atoms with Gasteiger partial charge in [0.25, 0.3) is 0 Å². The summed E-state index contributed by atoms with van der Waals surface area (Å²) < 4.78 is 17.3. The molecule has 158 valence electrons. The van der Waals surface area contributed by atoms with Crippen LogP contribution in [0.25, 0.3) is 0 Å². The minimum absolute atomic E-state index is 0.0618. The van der Waals surface area contributed by atoms with Crippen molar-refractivity contribution < 1.29 is 14.2 Å².